The average molecular weight is 241 g/mol. The van der Waals surface area contributed by atoms with Crippen LogP contribution in [-0.2, 0) is 4.79 Å². The van der Waals surface area contributed by atoms with Gasteiger partial charge in [0.25, 0.3) is 0 Å². The van der Waals surface area contributed by atoms with Gasteiger partial charge >= 0.3 is 0 Å². The van der Waals surface area contributed by atoms with Gasteiger partial charge < -0.3 is 10.2 Å². The van der Waals surface area contributed by atoms with E-state index in [0.717, 1.165) is 19.6 Å². The molecule has 17 heavy (non-hydrogen) atoms. The molecule has 0 aromatic heterocycles. The average Bonchev–Trinajstić information content (AvgIpc) is 2.31. The first kappa shape index (κ1) is 14.5. The highest BCUT2D eigenvalue weighted by atomic mass is 16.2. The van der Waals surface area contributed by atoms with Crippen LogP contribution in [0.5, 0.6) is 0 Å². The molecule has 4 heteroatoms. The van der Waals surface area contributed by atoms with Crippen molar-refractivity contribution >= 4 is 5.91 Å². The fourth-order valence-corrected chi connectivity index (χ4v) is 2.38. The van der Waals surface area contributed by atoms with E-state index in [4.69, 9.17) is 0 Å². The third kappa shape index (κ3) is 4.28. The largest absolute Gasteiger partial charge is 0.342 e. The first-order chi connectivity index (χ1) is 8.08. The van der Waals surface area contributed by atoms with Gasteiger partial charge in [0.2, 0.25) is 5.91 Å². The van der Waals surface area contributed by atoms with E-state index >= 15 is 0 Å². The number of carbonyl (C=O) groups is 1. The van der Waals surface area contributed by atoms with Crippen molar-refractivity contribution in [3.63, 3.8) is 0 Å². The molecule has 0 aromatic rings. The van der Waals surface area contributed by atoms with Crippen LogP contribution in [-0.4, -0.2) is 61.0 Å². The van der Waals surface area contributed by atoms with E-state index in [2.05, 4.69) is 24.2 Å². The van der Waals surface area contributed by atoms with Crippen molar-refractivity contribution in [2.24, 2.45) is 0 Å². The lowest BCUT2D eigenvalue weighted by atomic mass is 10.0. The number of hydrogen-bond donors (Lipinski definition) is 1. The van der Waals surface area contributed by atoms with Crippen molar-refractivity contribution in [3.8, 4) is 0 Å². The Bertz CT molecular complexity index is 233. The van der Waals surface area contributed by atoms with Gasteiger partial charge in [-0.15, -0.1) is 0 Å². The van der Waals surface area contributed by atoms with Crippen molar-refractivity contribution in [2.45, 2.75) is 45.7 Å². The predicted molar refractivity (Wildman–Crippen MR) is 71.0 cm³/mol. The third-order valence-electron chi connectivity index (χ3n) is 3.76. The van der Waals surface area contributed by atoms with Crippen LogP contribution in [0.25, 0.3) is 0 Å². The minimum atomic E-state index is 0.246. The molecule has 1 heterocycles. The molecule has 1 amide bonds. The van der Waals surface area contributed by atoms with Crippen LogP contribution in [0.15, 0.2) is 0 Å². The predicted octanol–water partition coefficient (Wildman–Crippen LogP) is 0.927. The molecule has 0 aliphatic carbocycles. The van der Waals surface area contributed by atoms with Crippen LogP contribution in [0, 0.1) is 0 Å². The van der Waals surface area contributed by atoms with E-state index in [0.29, 0.717) is 18.6 Å². The zero-order valence-electron chi connectivity index (χ0n) is 11.7. The van der Waals surface area contributed by atoms with E-state index in [9.17, 15) is 4.79 Å². The maximum absolute atomic E-state index is 12.0. The Morgan fingerprint density at radius 2 is 1.94 bits per heavy atom. The van der Waals surface area contributed by atoms with E-state index in [1.807, 2.05) is 18.7 Å². The van der Waals surface area contributed by atoms with Crippen LogP contribution in [0.3, 0.4) is 0 Å². The van der Waals surface area contributed by atoms with E-state index < -0.39 is 0 Å². The standard InChI is InChI=1S/C13H27N3O/c1-5-16(6-2)13(17)10-15(4)12-8-7-11(3)14-9-12/h11-12,14H,5-10H2,1-4H3. The molecule has 1 aliphatic heterocycles. The van der Waals surface area contributed by atoms with Crippen LogP contribution in [0.4, 0.5) is 0 Å². The minimum absolute atomic E-state index is 0.246. The Labute approximate surface area is 105 Å². The fourth-order valence-electron chi connectivity index (χ4n) is 2.38. The van der Waals surface area contributed by atoms with Crippen molar-refractivity contribution in [1.29, 1.82) is 0 Å². The summed E-state index contributed by atoms with van der Waals surface area (Å²) in [6.07, 6.45) is 2.39. The molecule has 0 radical (unpaired) electrons. The maximum Gasteiger partial charge on any atom is 0.236 e. The van der Waals surface area contributed by atoms with Crippen LogP contribution in [0.2, 0.25) is 0 Å². The zero-order chi connectivity index (χ0) is 12.8. The second-order valence-corrected chi connectivity index (χ2v) is 5.02. The Hall–Kier alpha value is -0.610. The molecule has 2 unspecified atom stereocenters. The van der Waals surface area contributed by atoms with Crippen molar-refractivity contribution < 1.29 is 4.79 Å². The first-order valence-electron chi connectivity index (χ1n) is 6.79. The molecule has 0 saturated carbocycles. The molecule has 4 nitrogen and oxygen atoms in total. The summed E-state index contributed by atoms with van der Waals surface area (Å²) in [6, 6.07) is 1.13. The number of likely N-dealkylation sites (N-methyl/N-ethyl adjacent to an activating group) is 2. The third-order valence-corrected chi connectivity index (χ3v) is 3.76. The van der Waals surface area contributed by atoms with Crippen LogP contribution >= 0.6 is 0 Å². The highest BCUT2D eigenvalue weighted by molar-refractivity contribution is 5.78. The topological polar surface area (TPSA) is 35.6 Å². The summed E-state index contributed by atoms with van der Waals surface area (Å²) >= 11 is 0. The molecule has 1 rings (SSSR count). The Morgan fingerprint density at radius 3 is 2.41 bits per heavy atom. The molecule has 0 aromatic carbocycles. The number of rotatable bonds is 5. The number of hydrogen-bond acceptors (Lipinski definition) is 3. The first-order valence-corrected chi connectivity index (χ1v) is 6.79. The lowest BCUT2D eigenvalue weighted by Crippen LogP contribution is -2.50. The molecule has 1 saturated heterocycles. The quantitative estimate of drug-likeness (QED) is 0.778. The number of nitrogens with one attached hydrogen (secondary N) is 1. The highest BCUT2D eigenvalue weighted by Gasteiger charge is 2.23. The number of amides is 1. The lowest BCUT2D eigenvalue weighted by molar-refractivity contribution is -0.132. The second kappa shape index (κ2) is 6.97. The van der Waals surface area contributed by atoms with E-state index in [-0.39, 0.29) is 5.91 Å². The van der Waals surface area contributed by atoms with Gasteiger partial charge in [-0.25, -0.2) is 0 Å². The van der Waals surface area contributed by atoms with Gasteiger partial charge in [-0.3, -0.25) is 9.69 Å². The molecule has 0 bridgehead atoms. The van der Waals surface area contributed by atoms with Gasteiger partial charge in [0.1, 0.15) is 0 Å². The fraction of sp³-hybridized carbons (Fsp3) is 0.923. The summed E-state index contributed by atoms with van der Waals surface area (Å²) in [5, 5.41) is 3.48. The van der Waals surface area contributed by atoms with Crippen LogP contribution in [0.1, 0.15) is 33.6 Å². The van der Waals surface area contributed by atoms with Crippen molar-refractivity contribution in [1.82, 2.24) is 15.1 Å². The molecule has 0 spiro atoms. The molecule has 100 valence electrons. The van der Waals surface area contributed by atoms with Crippen molar-refractivity contribution in [2.75, 3.05) is 33.2 Å². The molecular formula is C13H27N3O. The lowest BCUT2D eigenvalue weighted by Gasteiger charge is -2.34. The monoisotopic (exact) mass is 241 g/mol. The smallest absolute Gasteiger partial charge is 0.236 e. The number of piperidine rings is 1. The normalized spacial score (nSPS) is 25.0. The Balaban J connectivity index is 2.37. The van der Waals surface area contributed by atoms with Gasteiger partial charge in [-0.05, 0) is 40.7 Å². The second-order valence-electron chi connectivity index (χ2n) is 5.02. The molecular weight excluding hydrogens is 214 g/mol. The van der Waals surface area contributed by atoms with E-state index in [1.54, 1.807) is 0 Å². The summed E-state index contributed by atoms with van der Waals surface area (Å²) in [6.45, 7) is 9.45. The van der Waals surface area contributed by atoms with Crippen molar-refractivity contribution in [3.05, 3.63) is 0 Å². The number of nitrogens with zero attached hydrogens (tertiary/aromatic N) is 2. The highest BCUT2D eigenvalue weighted by Crippen LogP contribution is 2.12. The van der Waals surface area contributed by atoms with Crippen LogP contribution < -0.4 is 5.32 Å². The summed E-state index contributed by atoms with van der Waals surface area (Å²) in [7, 11) is 2.06. The molecule has 1 N–H and O–H groups in total. The maximum atomic E-state index is 12.0. The molecule has 2 atom stereocenters. The summed E-state index contributed by atoms with van der Waals surface area (Å²) < 4.78 is 0. The van der Waals surface area contributed by atoms with E-state index in [1.165, 1.54) is 12.8 Å². The van der Waals surface area contributed by atoms with Gasteiger partial charge in [0.05, 0.1) is 6.54 Å². The zero-order valence-corrected chi connectivity index (χ0v) is 11.7. The van der Waals surface area contributed by atoms with Gasteiger partial charge in [0, 0.05) is 31.7 Å². The summed E-state index contributed by atoms with van der Waals surface area (Å²) in [5.74, 6) is 0.246. The van der Waals surface area contributed by atoms with Gasteiger partial charge in [-0.1, -0.05) is 0 Å². The molecule has 1 fully saturated rings. The summed E-state index contributed by atoms with van der Waals surface area (Å²) in [5.41, 5.74) is 0. The van der Waals surface area contributed by atoms with Gasteiger partial charge in [0.15, 0.2) is 0 Å². The molecule has 1 aliphatic rings. The SMILES string of the molecule is CCN(CC)C(=O)CN(C)C1CCC(C)NC1. The Morgan fingerprint density at radius 1 is 1.29 bits per heavy atom. The Kier molecular flexibility index (Phi) is 5.92. The number of carbonyl (C=O) groups excluding carboxylic acids is 1. The minimum Gasteiger partial charge on any atom is -0.342 e. The summed E-state index contributed by atoms with van der Waals surface area (Å²) in [4.78, 5) is 16.1. The van der Waals surface area contributed by atoms with Gasteiger partial charge in [-0.2, -0.15) is 0 Å².